The molecule has 0 aliphatic carbocycles. The van der Waals surface area contributed by atoms with Gasteiger partial charge in [-0.15, -0.1) is 11.3 Å². The van der Waals surface area contributed by atoms with Crippen molar-refractivity contribution in [3.63, 3.8) is 0 Å². The monoisotopic (exact) mass is 441 g/mol. The SMILES string of the molecule is Cc1ccc(S(=O)(=O)NCC(c2ccc(N(C)C)cc2)N2CCc3ccccc32)s1. The van der Waals surface area contributed by atoms with Gasteiger partial charge in [-0.2, -0.15) is 0 Å². The average Bonchev–Trinajstić information content (AvgIpc) is 3.36. The lowest BCUT2D eigenvalue weighted by Crippen LogP contribution is -2.37. The number of nitrogens with one attached hydrogen (secondary N) is 1. The molecule has 1 N–H and O–H groups in total. The summed E-state index contributed by atoms with van der Waals surface area (Å²) in [6, 6.07) is 20.2. The van der Waals surface area contributed by atoms with Gasteiger partial charge in [0.15, 0.2) is 0 Å². The van der Waals surface area contributed by atoms with Crippen molar-refractivity contribution in [3.05, 3.63) is 76.7 Å². The zero-order valence-corrected chi connectivity index (χ0v) is 19.1. The topological polar surface area (TPSA) is 52.7 Å². The summed E-state index contributed by atoms with van der Waals surface area (Å²) >= 11 is 1.30. The van der Waals surface area contributed by atoms with Gasteiger partial charge in [-0.25, -0.2) is 13.1 Å². The standard InChI is InChI=1S/C23H27N3O2S2/c1-17-8-13-23(29-17)30(27,28)24-16-22(19-9-11-20(12-10-19)25(2)3)26-15-14-18-6-4-5-7-21(18)26/h4-13,22,24H,14-16H2,1-3H3. The molecule has 158 valence electrons. The minimum absolute atomic E-state index is 0.0827. The molecule has 5 nitrogen and oxygen atoms in total. The number of para-hydroxylation sites is 1. The first-order valence-electron chi connectivity index (χ1n) is 10.0. The molecule has 0 saturated heterocycles. The third kappa shape index (κ3) is 4.24. The Labute approximate surface area is 183 Å². The van der Waals surface area contributed by atoms with Crippen LogP contribution in [0.5, 0.6) is 0 Å². The van der Waals surface area contributed by atoms with E-state index in [0.29, 0.717) is 10.8 Å². The molecule has 0 radical (unpaired) electrons. The molecule has 0 bridgehead atoms. The number of nitrogens with zero attached hydrogens (tertiary/aromatic N) is 2. The van der Waals surface area contributed by atoms with Gasteiger partial charge in [0.25, 0.3) is 0 Å². The minimum atomic E-state index is -3.54. The predicted octanol–water partition coefficient (Wildman–Crippen LogP) is 4.20. The van der Waals surface area contributed by atoms with Gasteiger partial charge in [-0.1, -0.05) is 30.3 Å². The van der Waals surface area contributed by atoms with Gasteiger partial charge >= 0.3 is 0 Å². The molecule has 1 aliphatic rings. The fraction of sp³-hybridized carbons (Fsp3) is 0.304. The second-order valence-corrected chi connectivity index (χ2v) is 11.1. The molecular weight excluding hydrogens is 414 g/mol. The summed E-state index contributed by atoms with van der Waals surface area (Å²) < 4.78 is 28.9. The first kappa shape index (κ1) is 20.9. The summed E-state index contributed by atoms with van der Waals surface area (Å²) in [7, 11) is 0.491. The Morgan fingerprint density at radius 3 is 2.47 bits per heavy atom. The Hall–Kier alpha value is -2.35. The highest BCUT2D eigenvalue weighted by atomic mass is 32.2. The molecule has 1 aromatic heterocycles. The number of sulfonamides is 1. The van der Waals surface area contributed by atoms with Gasteiger partial charge in [0.1, 0.15) is 4.21 Å². The van der Waals surface area contributed by atoms with Crippen LogP contribution < -0.4 is 14.5 Å². The molecule has 0 saturated carbocycles. The molecular formula is C23H27N3O2S2. The Morgan fingerprint density at radius 2 is 1.80 bits per heavy atom. The van der Waals surface area contributed by atoms with Crippen molar-refractivity contribution < 1.29 is 8.42 Å². The van der Waals surface area contributed by atoms with Crippen LogP contribution in [0.4, 0.5) is 11.4 Å². The van der Waals surface area contributed by atoms with Gasteiger partial charge in [0.2, 0.25) is 10.0 Å². The second-order valence-electron chi connectivity index (χ2n) is 7.79. The normalized spacial score (nSPS) is 14.6. The van der Waals surface area contributed by atoms with E-state index in [9.17, 15) is 8.42 Å². The number of fused-ring (bicyclic) bond motifs is 1. The highest BCUT2D eigenvalue weighted by molar-refractivity contribution is 7.91. The molecule has 3 aromatic rings. The molecule has 4 rings (SSSR count). The predicted molar refractivity (Wildman–Crippen MR) is 125 cm³/mol. The summed E-state index contributed by atoms with van der Waals surface area (Å²) in [6.45, 7) is 3.11. The number of hydrogen-bond donors (Lipinski definition) is 1. The molecule has 1 atom stereocenters. The van der Waals surface area contributed by atoms with Crippen molar-refractivity contribution in [1.82, 2.24) is 4.72 Å². The fourth-order valence-corrected chi connectivity index (χ4v) is 6.27. The van der Waals surface area contributed by atoms with E-state index in [4.69, 9.17) is 0 Å². The zero-order chi connectivity index (χ0) is 21.3. The molecule has 1 aliphatic heterocycles. The van der Waals surface area contributed by atoms with Crippen molar-refractivity contribution in [3.8, 4) is 0 Å². The van der Waals surface area contributed by atoms with Gasteiger partial charge < -0.3 is 9.80 Å². The number of rotatable bonds is 7. The van der Waals surface area contributed by atoms with E-state index >= 15 is 0 Å². The summed E-state index contributed by atoms with van der Waals surface area (Å²) in [6.07, 6.45) is 0.972. The maximum atomic E-state index is 12.9. The summed E-state index contributed by atoms with van der Waals surface area (Å²) in [5.41, 5.74) is 4.71. The van der Waals surface area contributed by atoms with Crippen LogP contribution in [0.3, 0.4) is 0 Å². The van der Waals surface area contributed by atoms with Gasteiger partial charge in [0.05, 0.1) is 6.04 Å². The van der Waals surface area contributed by atoms with Crippen LogP contribution in [0.15, 0.2) is 64.9 Å². The number of anilines is 2. The van der Waals surface area contributed by atoms with Crippen LogP contribution in [0.2, 0.25) is 0 Å². The van der Waals surface area contributed by atoms with E-state index in [-0.39, 0.29) is 6.04 Å². The van der Waals surface area contributed by atoms with Crippen LogP contribution >= 0.6 is 11.3 Å². The van der Waals surface area contributed by atoms with Gasteiger partial charge in [0, 0.05) is 43.4 Å². The van der Waals surface area contributed by atoms with Crippen molar-refractivity contribution in [2.24, 2.45) is 0 Å². The Balaban J connectivity index is 1.64. The maximum Gasteiger partial charge on any atom is 0.250 e. The molecule has 2 aromatic carbocycles. The van der Waals surface area contributed by atoms with E-state index in [1.807, 2.05) is 33.2 Å². The molecule has 7 heteroatoms. The molecule has 1 unspecified atom stereocenters. The number of thiophene rings is 1. The van der Waals surface area contributed by atoms with Crippen LogP contribution in [-0.2, 0) is 16.4 Å². The minimum Gasteiger partial charge on any atom is -0.378 e. The maximum absolute atomic E-state index is 12.9. The van der Waals surface area contributed by atoms with Crippen LogP contribution in [0.25, 0.3) is 0 Å². The van der Waals surface area contributed by atoms with Gasteiger partial charge in [-0.3, -0.25) is 0 Å². The molecule has 0 fully saturated rings. The highest BCUT2D eigenvalue weighted by Gasteiger charge is 2.29. The van der Waals surface area contributed by atoms with Gasteiger partial charge in [-0.05, 0) is 54.8 Å². The lowest BCUT2D eigenvalue weighted by Gasteiger charge is -2.31. The molecule has 0 spiro atoms. The lowest BCUT2D eigenvalue weighted by molar-refractivity contribution is 0.564. The smallest absolute Gasteiger partial charge is 0.250 e. The Kier molecular flexibility index (Phi) is 5.86. The van der Waals surface area contributed by atoms with E-state index in [1.165, 1.54) is 22.6 Å². The summed E-state index contributed by atoms with van der Waals surface area (Å²) in [4.78, 5) is 5.37. The van der Waals surface area contributed by atoms with Crippen LogP contribution in [0, 0.1) is 6.92 Å². The Bertz CT molecular complexity index is 1120. The largest absolute Gasteiger partial charge is 0.378 e. The van der Waals surface area contributed by atoms with Crippen molar-refractivity contribution >= 4 is 32.7 Å². The van der Waals surface area contributed by atoms with E-state index in [1.54, 1.807) is 6.07 Å². The lowest BCUT2D eigenvalue weighted by atomic mass is 10.0. The number of benzene rings is 2. The van der Waals surface area contributed by atoms with Crippen LogP contribution in [0.1, 0.15) is 22.0 Å². The van der Waals surface area contributed by atoms with Crippen LogP contribution in [-0.4, -0.2) is 35.6 Å². The quantitative estimate of drug-likeness (QED) is 0.597. The third-order valence-corrected chi connectivity index (χ3v) is 8.46. The third-order valence-electron chi connectivity index (χ3n) is 5.54. The number of aryl methyl sites for hydroxylation is 1. The second kappa shape index (κ2) is 8.41. The fourth-order valence-electron chi connectivity index (χ4n) is 3.91. The first-order chi connectivity index (χ1) is 14.3. The van der Waals surface area contributed by atoms with E-state index in [2.05, 4.69) is 57.0 Å². The zero-order valence-electron chi connectivity index (χ0n) is 17.5. The van der Waals surface area contributed by atoms with Crippen molar-refractivity contribution in [2.75, 3.05) is 37.0 Å². The van der Waals surface area contributed by atoms with Crippen molar-refractivity contribution in [1.29, 1.82) is 0 Å². The average molecular weight is 442 g/mol. The summed E-state index contributed by atoms with van der Waals surface area (Å²) in [5, 5.41) is 0. The number of hydrogen-bond acceptors (Lipinski definition) is 5. The Morgan fingerprint density at radius 1 is 1.07 bits per heavy atom. The highest BCUT2D eigenvalue weighted by Crippen LogP contribution is 2.35. The molecule has 0 amide bonds. The molecule has 2 heterocycles. The summed E-state index contributed by atoms with van der Waals surface area (Å²) in [5.74, 6) is 0. The van der Waals surface area contributed by atoms with E-state index in [0.717, 1.165) is 29.1 Å². The van der Waals surface area contributed by atoms with Crippen molar-refractivity contribution in [2.45, 2.75) is 23.6 Å². The van der Waals surface area contributed by atoms with E-state index < -0.39 is 10.0 Å². The molecule has 30 heavy (non-hydrogen) atoms. The first-order valence-corrected chi connectivity index (χ1v) is 12.3.